The SMILES string of the molecule is COc1cc(N)ccc1OC1CNC1. The highest BCUT2D eigenvalue weighted by atomic mass is 16.5. The van der Waals surface area contributed by atoms with Crippen molar-refractivity contribution in [2.45, 2.75) is 6.10 Å². The Balaban J connectivity index is 2.14. The molecule has 4 heteroatoms. The molecule has 1 aromatic carbocycles. The van der Waals surface area contributed by atoms with Crippen molar-refractivity contribution in [3.63, 3.8) is 0 Å². The van der Waals surface area contributed by atoms with Crippen molar-refractivity contribution in [3.05, 3.63) is 18.2 Å². The van der Waals surface area contributed by atoms with Gasteiger partial charge in [-0.25, -0.2) is 0 Å². The first kappa shape index (κ1) is 9.15. The summed E-state index contributed by atoms with van der Waals surface area (Å²) in [5, 5.41) is 3.14. The number of rotatable bonds is 3. The highest BCUT2D eigenvalue weighted by Crippen LogP contribution is 2.30. The van der Waals surface area contributed by atoms with Crippen LogP contribution in [-0.4, -0.2) is 26.3 Å². The topological polar surface area (TPSA) is 56.5 Å². The molecule has 1 aromatic rings. The van der Waals surface area contributed by atoms with Crippen molar-refractivity contribution in [2.75, 3.05) is 25.9 Å². The first-order valence-corrected chi connectivity index (χ1v) is 4.60. The van der Waals surface area contributed by atoms with Gasteiger partial charge in [-0.3, -0.25) is 0 Å². The lowest BCUT2D eigenvalue weighted by Crippen LogP contribution is -2.50. The molecule has 3 N–H and O–H groups in total. The number of benzene rings is 1. The molecule has 1 aliphatic rings. The van der Waals surface area contributed by atoms with Crippen LogP contribution in [0.25, 0.3) is 0 Å². The second kappa shape index (κ2) is 3.75. The number of hydrogen-bond donors (Lipinski definition) is 2. The number of methoxy groups -OCH3 is 1. The van der Waals surface area contributed by atoms with Gasteiger partial charge in [0.2, 0.25) is 0 Å². The lowest BCUT2D eigenvalue weighted by atomic mass is 10.2. The molecule has 0 bridgehead atoms. The van der Waals surface area contributed by atoms with E-state index in [1.807, 2.05) is 12.1 Å². The van der Waals surface area contributed by atoms with Crippen molar-refractivity contribution < 1.29 is 9.47 Å². The first-order valence-electron chi connectivity index (χ1n) is 4.60. The molecule has 0 atom stereocenters. The molecule has 0 aliphatic carbocycles. The third kappa shape index (κ3) is 1.75. The zero-order valence-corrected chi connectivity index (χ0v) is 8.12. The van der Waals surface area contributed by atoms with Crippen molar-refractivity contribution >= 4 is 5.69 Å². The van der Waals surface area contributed by atoms with E-state index in [4.69, 9.17) is 15.2 Å². The van der Waals surface area contributed by atoms with Crippen LogP contribution in [0.2, 0.25) is 0 Å². The number of nitrogens with two attached hydrogens (primary N) is 1. The fourth-order valence-electron chi connectivity index (χ4n) is 1.31. The first-order chi connectivity index (χ1) is 6.79. The minimum absolute atomic E-state index is 0.257. The summed E-state index contributed by atoms with van der Waals surface area (Å²) in [5.41, 5.74) is 6.31. The van der Waals surface area contributed by atoms with E-state index in [0.29, 0.717) is 11.4 Å². The zero-order chi connectivity index (χ0) is 9.97. The van der Waals surface area contributed by atoms with E-state index in [-0.39, 0.29) is 6.10 Å². The summed E-state index contributed by atoms with van der Waals surface area (Å²) in [6, 6.07) is 5.41. The Labute approximate surface area is 83.0 Å². The molecule has 0 aromatic heterocycles. The average molecular weight is 194 g/mol. The lowest BCUT2D eigenvalue weighted by molar-refractivity contribution is 0.137. The molecule has 0 amide bonds. The van der Waals surface area contributed by atoms with Gasteiger partial charge in [0.1, 0.15) is 6.10 Å². The minimum atomic E-state index is 0.257. The van der Waals surface area contributed by atoms with E-state index in [2.05, 4.69) is 5.32 Å². The maximum Gasteiger partial charge on any atom is 0.162 e. The van der Waals surface area contributed by atoms with Crippen LogP contribution in [0.4, 0.5) is 5.69 Å². The van der Waals surface area contributed by atoms with Crippen LogP contribution in [0.1, 0.15) is 0 Å². The van der Waals surface area contributed by atoms with Crippen molar-refractivity contribution in [2.24, 2.45) is 0 Å². The van der Waals surface area contributed by atoms with Crippen molar-refractivity contribution in [3.8, 4) is 11.5 Å². The molecule has 14 heavy (non-hydrogen) atoms. The summed E-state index contributed by atoms with van der Waals surface area (Å²) in [6.45, 7) is 1.79. The Bertz CT molecular complexity index is 324. The molecule has 76 valence electrons. The van der Waals surface area contributed by atoms with Crippen LogP contribution >= 0.6 is 0 Å². The van der Waals surface area contributed by atoms with E-state index in [1.165, 1.54) is 0 Å². The standard InChI is InChI=1S/C10H14N2O2/c1-13-10-4-7(11)2-3-9(10)14-8-5-12-6-8/h2-4,8,12H,5-6,11H2,1H3. The summed E-state index contributed by atoms with van der Waals surface area (Å²) in [7, 11) is 1.61. The Morgan fingerprint density at radius 3 is 2.71 bits per heavy atom. The Kier molecular flexibility index (Phi) is 2.45. The summed E-state index contributed by atoms with van der Waals surface area (Å²) in [6.07, 6.45) is 0.257. The third-order valence-corrected chi connectivity index (χ3v) is 2.23. The van der Waals surface area contributed by atoms with Gasteiger partial charge in [-0.15, -0.1) is 0 Å². The molecule has 0 radical (unpaired) electrons. The van der Waals surface area contributed by atoms with Crippen LogP contribution in [-0.2, 0) is 0 Å². The van der Waals surface area contributed by atoms with Gasteiger partial charge < -0.3 is 20.5 Å². The molecule has 0 spiro atoms. The number of nitrogen functional groups attached to an aromatic ring is 1. The second-order valence-corrected chi connectivity index (χ2v) is 3.31. The lowest BCUT2D eigenvalue weighted by Gasteiger charge is -2.28. The highest BCUT2D eigenvalue weighted by molar-refractivity contribution is 5.52. The van der Waals surface area contributed by atoms with Gasteiger partial charge in [0.15, 0.2) is 11.5 Å². The van der Waals surface area contributed by atoms with Gasteiger partial charge in [-0.1, -0.05) is 0 Å². The Morgan fingerprint density at radius 1 is 1.36 bits per heavy atom. The predicted octanol–water partition coefficient (Wildman–Crippen LogP) is 0.628. The minimum Gasteiger partial charge on any atom is -0.493 e. The number of anilines is 1. The van der Waals surface area contributed by atoms with Crippen molar-refractivity contribution in [1.29, 1.82) is 0 Å². The molecule has 1 saturated heterocycles. The smallest absolute Gasteiger partial charge is 0.162 e. The molecule has 0 saturated carbocycles. The number of nitrogens with one attached hydrogen (secondary N) is 1. The van der Waals surface area contributed by atoms with Crippen molar-refractivity contribution in [1.82, 2.24) is 5.32 Å². The molecule has 0 unspecified atom stereocenters. The highest BCUT2D eigenvalue weighted by Gasteiger charge is 2.19. The fraction of sp³-hybridized carbons (Fsp3) is 0.400. The van der Waals surface area contributed by atoms with Gasteiger partial charge in [0, 0.05) is 24.8 Å². The Hall–Kier alpha value is -1.42. The predicted molar refractivity (Wildman–Crippen MR) is 54.7 cm³/mol. The zero-order valence-electron chi connectivity index (χ0n) is 8.12. The van der Waals surface area contributed by atoms with Crippen LogP contribution in [0.3, 0.4) is 0 Å². The van der Waals surface area contributed by atoms with E-state index in [0.717, 1.165) is 18.8 Å². The molecule has 1 aliphatic heterocycles. The largest absolute Gasteiger partial charge is 0.493 e. The normalized spacial score (nSPS) is 16.1. The van der Waals surface area contributed by atoms with Gasteiger partial charge in [-0.2, -0.15) is 0 Å². The maximum absolute atomic E-state index is 5.68. The van der Waals surface area contributed by atoms with Gasteiger partial charge in [0.25, 0.3) is 0 Å². The molecule has 4 nitrogen and oxygen atoms in total. The molecule has 2 rings (SSSR count). The van der Waals surface area contributed by atoms with Crippen LogP contribution < -0.4 is 20.5 Å². The molecule has 1 fully saturated rings. The summed E-state index contributed by atoms with van der Waals surface area (Å²) >= 11 is 0. The summed E-state index contributed by atoms with van der Waals surface area (Å²) < 4.78 is 10.9. The quantitative estimate of drug-likeness (QED) is 0.693. The van der Waals surface area contributed by atoms with Crippen LogP contribution in [0, 0.1) is 0 Å². The fourth-order valence-corrected chi connectivity index (χ4v) is 1.31. The number of ether oxygens (including phenoxy) is 2. The molecular formula is C10H14N2O2. The summed E-state index contributed by atoms with van der Waals surface area (Å²) in [4.78, 5) is 0. The van der Waals surface area contributed by atoms with E-state index < -0.39 is 0 Å². The maximum atomic E-state index is 5.68. The monoisotopic (exact) mass is 194 g/mol. The Morgan fingerprint density at radius 2 is 2.14 bits per heavy atom. The van der Waals surface area contributed by atoms with Crippen LogP contribution in [0.15, 0.2) is 18.2 Å². The van der Waals surface area contributed by atoms with Gasteiger partial charge in [-0.05, 0) is 12.1 Å². The van der Waals surface area contributed by atoms with E-state index >= 15 is 0 Å². The third-order valence-electron chi connectivity index (χ3n) is 2.23. The van der Waals surface area contributed by atoms with E-state index in [9.17, 15) is 0 Å². The van der Waals surface area contributed by atoms with E-state index in [1.54, 1.807) is 13.2 Å². The van der Waals surface area contributed by atoms with Gasteiger partial charge in [0.05, 0.1) is 7.11 Å². The number of hydrogen-bond acceptors (Lipinski definition) is 4. The molecular weight excluding hydrogens is 180 g/mol. The summed E-state index contributed by atoms with van der Waals surface area (Å²) in [5.74, 6) is 1.45. The molecule has 1 heterocycles. The second-order valence-electron chi connectivity index (χ2n) is 3.31. The van der Waals surface area contributed by atoms with Crippen LogP contribution in [0.5, 0.6) is 11.5 Å². The average Bonchev–Trinajstić information content (AvgIpc) is 2.13. The van der Waals surface area contributed by atoms with Gasteiger partial charge >= 0.3 is 0 Å².